The molecule has 0 aliphatic rings. The van der Waals surface area contributed by atoms with Crippen LogP contribution in [0.1, 0.15) is 0 Å². The van der Waals surface area contributed by atoms with Gasteiger partial charge >= 0.3 is 0 Å². The summed E-state index contributed by atoms with van der Waals surface area (Å²) in [5.74, 6) is 1.33. The Morgan fingerprint density at radius 1 is 0.283 bits per heavy atom. The number of hydrogen-bond donors (Lipinski definition) is 0. The average Bonchev–Trinajstić information content (AvgIpc) is 3.13. The molecule has 0 unspecified atom stereocenters. The van der Waals surface area contributed by atoms with Gasteiger partial charge in [0.15, 0.2) is 11.6 Å². The van der Waals surface area contributed by atoms with Crippen LogP contribution in [-0.4, -0.2) is 19.9 Å². The summed E-state index contributed by atoms with van der Waals surface area (Å²) in [5, 5.41) is 6.82. The fourth-order valence-electron chi connectivity index (χ4n) is 6.32. The molecule has 0 N–H and O–H groups in total. The van der Waals surface area contributed by atoms with Gasteiger partial charge in [0.2, 0.25) is 0 Å². The molecule has 0 spiro atoms. The molecule has 2 aromatic heterocycles. The highest BCUT2D eigenvalue weighted by molar-refractivity contribution is 5.98. The maximum absolute atomic E-state index is 5.18. The molecule has 2 heterocycles. The number of fused-ring (bicyclic) bond motifs is 4. The molecule has 9 aromatic rings. The van der Waals surface area contributed by atoms with E-state index in [0.29, 0.717) is 11.6 Å². The molecule has 214 valence electrons. The summed E-state index contributed by atoms with van der Waals surface area (Å²) >= 11 is 0. The molecule has 46 heavy (non-hydrogen) atoms. The van der Waals surface area contributed by atoms with Crippen LogP contribution in [0.3, 0.4) is 0 Å². The van der Waals surface area contributed by atoms with Crippen LogP contribution < -0.4 is 0 Å². The van der Waals surface area contributed by atoms with E-state index in [9.17, 15) is 0 Å². The molecular weight excluding hydrogens is 560 g/mol. The number of aromatic nitrogens is 4. The van der Waals surface area contributed by atoms with E-state index in [0.717, 1.165) is 55.4 Å². The third-order valence-electron chi connectivity index (χ3n) is 8.63. The van der Waals surface area contributed by atoms with E-state index in [1.165, 1.54) is 21.5 Å². The molecule has 0 radical (unpaired) electrons. The summed E-state index contributed by atoms with van der Waals surface area (Å²) in [6.45, 7) is 0. The average molecular weight is 587 g/mol. The van der Waals surface area contributed by atoms with E-state index in [2.05, 4.69) is 127 Å². The van der Waals surface area contributed by atoms with Crippen molar-refractivity contribution in [2.24, 2.45) is 0 Å². The minimum atomic E-state index is 0.666. The highest BCUT2D eigenvalue weighted by atomic mass is 14.9. The summed E-state index contributed by atoms with van der Waals surface area (Å²) < 4.78 is 0. The largest absolute Gasteiger partial charge is 0.228 e. The highest BCUT2D eigenvalue weighted by Crippen LogP contribution is 2.34. The van der Waals surface area contributed by atoms with Crippen LogP contribution in [0, 0.1) is 0 Å². The van der Waals surface area contributed by atoms with Crippen molar-refractivity contribution >= 4 is 43.4 Å². The van der Waals surface area contributed by atoms with Gasteiger partial charge in [-0.1, -0.05) is 127 Å². The van der Waals surface area contributed by atoms with Gasteiger partial charge in [0, 0.05) is 33.0 Å². The monoisotopic (exact) mass is 586 g/mol. The molecule has 4 nitrogen and oxygen atoms in total. The lowest BCUT2D eigenvalue weighted by molar-refractivity contribution is 1.21. The second kappa shape index (κ2) is 10.7. The number of rotatable bonds is 4. The van der Waals surface area contributed by atoms with Crippen LogP contribution in [0.15, 0.2) is 158 Å². The number of hydrogen-bond acceptors (Lipinski definition) is 4. The third-order valence-corrected chi connectivity index (χ3v) is 8.63. The molecule has 7 aromatic carbocycles. The normalized spacial score (nSPS) is 11.5. The lowest BCUT2D eigenvalue weighted by Gasteiger charge is -2.12. The summed E-state index contributed by atoms with van der Waals surface area (Å²) in [7, 11) is 0. The fourth-order valence-corrected chi connectivity index (χ4v) is 6.32. The Labute approximate surface area is 265 Å². The second-order valence-corrected chi connectivity index (χ2v) is 11.5. The lowest BCUT2D eigenvalue weighted by atomic mass is 10.0. The maximum atomic E-state index is 5.18. The number of nitrogens with zero attached hydrogens (tertiary/aromatic N) is 4. The van der Waals surface area contributed by atoms with Crippen molar-refractivity contribution in [1.29, 1.82) is 0 Å². The van der Waals surface area contributed by atoms with Crippen LogP contribution in [0.5, 0.6) is 0 Å². The van der Waals surface area contributed by atoms with Crippen molar-refractivity contribution in [3.63, 3.8) is 0 Å². The van der Waals surface area contributed by atoms with Gasteiger partial charge in [-0.05, 0) is 51.9 Å². The zero-order chi connectivity index (χ0) is 30.5. The molecule has 0 saturated carbocycles. The van der Waals surface area contributed by atoms with Gasteiger partial charge in [-0.25, -0.2) is 19.9 Å². The quantitative estimate of drug-likeness (QED) is 0.206. The van der Waals surface area contributed by atoms with Gasteiger partial charge in [0.05, 0.1) is 22.4 Å². The van der Waals surface area contributed by atoms with E-state index in [4.69, 9.17) is 19.9 Å². The van der Waals surface area contributed by atoms with Crippen molar-refractivity contribution in [2.45, 2.75) is 0 Å². The van der Waals surface area contributed by atoms with Gasteiger partial charge in [0.1, 0.15) is 0 Å². The summed E-state index contributed by atoms with van der Waals surface area (Å²) in [4.78, 5) is 20.4. The van der Waals surface area contributed by atoms with Crippen LogP contribution in [0.4, 0.5) is 0 Å². The van der Waals surface area contributed by atoms with Crippen molar-refractivity contribution in [2.75, 3.05) is 0 Å². The zero-order valence-corrected chi connectivity index (χ0v) is 24.8. The first kappa shape index (κ1) is 26.2. The molecule has 0 aliphatic heterocycles. The molecule has 0 fully saturated rings. The van der Waals surface area contributed by atoms with Gasteiger partial charge in [-0.3, -0.25) is 0 Å². The predicted molar refractivity (Wildman–Crippen MR) is 189 cm³/mol. The van der Waals surface area contributed by atoms with Gasteiger partial charge in [-0.15, -0.1) is 0 Å². The van der Waals surface area contributed by atoms with Crippen molar-refractivity contribution in [3.8, 4) is 45.3 Å². The van der Waals surface area contributed by atoms with E-state index in [1.54, 1.807) is 0 Å². The van der Waals surface area contributed by atoms with Crippen molar-refractivity contribution in [1.82, 2.24) is 19.9 Å². The Morgan fingerprint density at radius 3 is 1.22 bits per heavy atom. The van der Waals surface area contributed by atoms with Gasteiger partial charge < -0.3 is 0 Å². The van der Waals surface area contributed by atoms with Crippen molar-refractivity contribution < 1.29 is 0 Å². The Morgan fingerprint density at radius 2 is 0.717 bits per heavy atom. The summed E-state index contributed by atoms with van der Waals surface area (Å²) in [6.07, 6.45) is 0. The standard InChI is InChI=1S/C42H26N4/c1-3-12-29-24-31(22-20-27(29)10-1)39-35-16-5-7-18-37(35)43-41(45-39)33-14-9-15-34(26-33)42-44-38-19-8-6-17-36(38)40(46-42)32-23-21-28-11-2-4-13-30(28)25-32/h1-26H. The first-order valence-electron chi connectivity index (χ1n) is 15.4. The van der Waals surface area contributed by atoms with Crippen LogP contribution in [-0.2, 0) is 0 Å². The molecule has 9 rings (SSSR count). The third kappa shape index (κ3) is 4.56. The molecule has 0 amide bonds. The molecule has 0 atom stereocenters. The Bertz CT molecular complexity index is 2430. The van der Waals surface area contributed by atoms with E-state index < -0.39 is 0 Å². The maximum Gasteiger partial charge on any atom is 0.160 e. The zero-order valence-electron chi connectivity index (χ0n) is 24.8. The number of benzene rings is 7. The minimum Gasteiger partial charge on any atom is -0.228 e. The van der Waals surface area contributed by atoms with Gasteiger partial charge in [-0.2, -0.15) is 0 Å². The predicted octanol–water partition coefficient (Wildman–Crippen LogP) is 10.5. The lowest BCUT2D eigenvalue weighted by Crippen LogP contribution is -1.97. The van der Waals surface area contributed by atoms with Crippen LogP contribution >= 0.6 is 0 Å². The topological polar surface area (TPSA) is 51.6 Å². The number of para-hydroxylation sites is 2. The van der Waals surface area contributed by atoms with E-state index in [1.807, 2.05) is 30.3 Å². The molecule has 0 aliphatic carbocycles. The van der Waals surface area contributed by atoms with Gasteiger partial charge in [0.25, 0.3) is 0 Å². The Hall–Kier alpha value is -6.26. The SMILES string of the molecule is c1cc(-c2nc(-c3ccc4ccccc4c3)c3ccccc3n2)cc(-c2nc(-c3ccc4ccccc4c3)c3ccccc3n2)c1. The Balaban J connectivity index is 1.19. The minimum absolute atomic E-state index is 0.666. The Kier molecular flexibility index (Phi) is 6.10. The summed E-state index contributed by atoms with van der Waals surface area (Å²) in [5.41, 5.74) is 7.58. The van der Waals surface area contributed by atoms with E-state index >= 15 is 0 Å². The first-order chi connectivity index (χ1) is 22.8. The van der Waals surface area contributed by atoms with E-state index in [-0.39, 0.29) is 0 Å². The highest BCUT2D eigenvalue weighted by Gasteiger charge is 2.15. The molecular formula is C42H26N4. The van der Waals surface area contributed by atoms with Crippen molar-refractivity contribution in [3.05, 3.63) is 158 Å². The molecule has 0 saturated heterocycles. The van der Waals surface area contributed by atoms with Crippen LogP contribution in [0.2, 0.25) is 0 Å². The molecule has 4 heteroatoms. The smallest absolute Gasteiger partial charge is 0.160 e. The summed E-state index contributed by atoms with van der Waals surface area (Å²) in [6, 6.07) is 54.5. The fraction of sp³-hybridized carbons (Fsp3) is 0. The van der Waals surface area contributed by atoms with Crippen LogP contribution in [0.25, 0.3) is 88.6 Å². The molecule has 0 bridgehead atoms. The first-order valence-corrected chi connectivity index (χ1v) is 15.4. The second-order valence-electron chi connectivity index (χ2n) is 11.5.